The number of thiophene rings is 1. The fourth-order valence-electron chi connectivity index (χ4n) is 2.29. The van der Waals surface area contributed by atoms with Crippen LogP contribution in [0.2, 0.25) is 0 Å². The van der Waals surface area contributed by atoms with Crippen molar-refractivity contribution in [2.75, 3.05) is 26.8 Å². The summed E-state index contributed by atoms with van der Waals surface area (Å²) in [7, 11) is 1.39. The van der Waals surface area contributed by atoms with Crippen molar-refractivity contribution >= 4 is 23.2 Å². The number of carbonyl (C=O) groups excluding carboxylic acids is 2. The number of ether oxygens (including phenoxy) is 1. The van der Waals surface area contributed by atoms with Crippen molar-refractivity contribution in [2.45, 2.75) is 12.8 Å². The largest absolute Gasteiger partial charge is 0.469 e. The lowest BCUT2D eigenvalue weighted by Gasteiger charge is -2.30. The summed E-state index contributed by atoms with van der Waals surface area (Å²) in [5, 5.41) is 8.66. The van der Waals surface area contributed by atoms with Crippen LogP contribution in [0.15, 0.2) is 12.1 Å². The number of aliphatic hydroxyl groups excluding tert-OH is 1. The molecule has 0 saturated carbocycles. The maximum atomic E-state index is 12.4. The molecule has 1 aliphatic rings. The molecule has 0 aromatic carbocycles. The Bertz CT molecular complexity index is 576. The van der Waals surface area contributed by atoms with Gasteiger partial charge in [0.15, 0.2) is 0 Å². The number of rotatable bonds is 2. The third-order valence-corrected chi connectivity index (χ3v) is 4.41. The Morgan fingerprint density at radius 2 is 2.14 bits per heavy atom. The van der Waals surface area contributed by atoms with Gasteiger partial charge in [0.25, 0.3) is 5.91 Å². The number of nitrogens with zero attached hydrogens (tertiary/aromatic N) is 1. The fourth-order valence-corrected chi connectivity index (χ4v) is 3.14. The van der Waals surface area contributed by atoms with E-state index < -0.39 is 0 Å². The average Bonchev–Trinajstić information content (AvgIpc) is 3.00. The van der Waals surface area contributed by atoms with E-state index in [1.807, 2.05) is 0 Å². The first-order valence-corrected chi connectivity index (χ1v) is 7.54. The molecular weight excluding hydrogens is 290 g/mol. The highest BCUT2D eigenvalue weighted by Gasteiger charge is 2.28. The summed E-state index contributed by atoms with van der Waals surface area (Å²) in [4.78, 5) is 27.0. The first kappa shape index (κ1) is 15.5. The molecule has 1 saturated heterocycles. The maximum Gasteiger partial charge on any atom is 0.308 e. The van der Waals surface area contributed by atoms with Gasteiger partial charge in [-0.3, -0.25) is 9.59 Å². The molecule has 0 spiro atoms. The van der Waals surface area contributed by atoms with Gasteiger partial charge in [0.05, 0.1) is 22.8 Å². The molecule has 21 heavy (non-hydrogen) atoms. The minimum atomic E-state index is -0.195. The van der Waals surface area contributed by atoms with Crippen molar-refractivity contribution in [3.05, 3.63) is 21.9 Å². The molecule has 0 bridgehead atoms. The first-order valence-electron chi connectivity index (χ1n) is 6.72. The van der Waals surface area contributed by atoms with E-state index in [0.29, 0.717) is 30.8 Å². The minimum Gasteiger partial charge on any atom is -0.469 e. The highest BCUT2D eigenvalue weighted by molar-refractivity contribution is 7.14. The SMILES string of the molecule is COC(=O)C1CCN(C(=O)c2ccc(C#CCO)s2)CC1. The van der Waals surface area contributed by atoms with Gasteiger partial charge in [-0.1, -0.05) is 11.8 Å². The molecule has 0 unspecified atom stereocenters. The summed E-state index contributed by atoms with van der Waals surface area (Å²) in [6.07, 6.45) is 1.28. The predicted octanol–water partition coefficient (Wildman–Crippen LogP) is 1.12. The number of hydrogen-bond acceptors (Lipinski definition) is 5. The lowest BCUT2D eigenvalue weighted by molar-refractivity contribution is -0.146. The smallest absolute Gasteiger partial charge is 0.308 e. The summed E-state index contributed by atoms with van der Waals surface area (Å²) >= 11 is 1.32. The van der Waals surface area contributed by atoms with Crippen molar-refractivity contribution < 1.29 is 19.4 Å². The van der Waals surface area contributed by atoms with Gasteiger partial charge >= 0.3 is 5.97 Å². The van der Waals surface area contributed by atoms with Gasteiger partial charge < -0.3 is 14.7 Å². The van der Waals surface area contributed by atoms with Crippen molar-refractivity contribution in [2.24, 2.45) is 5.92 Å². The predicted molar refractivity (Wildman–Crippen MR) is 78.9 cm³/mol. The van der Waals surface area contributed by atoms with E-state index in [1.165, 1.54) is 18.4 Å². The molecule has 1 N–H and O–H groups in total. The second kappa shape index (κ2) is 7.25. The molecule has 0 atom stereocenters. The zero-order valence-corrected chi connectivity index (χ0v) is 12.6. The van der Waals surface area contributed by atoms with E-state index in [-0.39, 0.29) is 24.4 Å². The Morgan fingerprint density at radius 3 is 2.76 bits per heavy atom. The number of aliphatic hydroxyl groups is 1. The first-order chi connectivity index (χ1) is 10.2. The molecule has 6 heteroatoms. The third-order valence-electron chi connectivity index (χ3n) is 3.42. The topological polar surface area (TPSA) is 66.8 Å². The number of hydrogen-bond donors (Lipinski definition) is 1. The second-order valence-corrected chi connectivity index (χ2v) is 5.80. The molecule has 1 fully saturated rings. The van der Waals surface area contributed by atoms with Crippen LogP contribution in [0.5, 0.6) is 0 Å². The summed E-state index contributed by atoms with van der Waals surface area (Å²) in [5.41, 5.74) is 0. The van der Waals surface area contributed by atoms with Crippen LogP contribution in [0.1, 0.15) is 27.4 Å². The van der Waals surface area contributed by atoms with Crippen LogP contribution >= 0.6 is 11.3 Å². The number of carbonyl (C=O) groups is 2. The maximum absolute atomic E-state index is 12.4. The number of likely N-dealkylation sites (tertiary alicyclic amines) is 1. The Balaban J connectivity index is 1.95. The fraction of sp³-hybridized carbons (Fsp3) is 0.467. The number of esters is 1. The second-order valence-electron chi connectivity index (χ2n) is 4.71. The third kappa shape index (κ3) is 3.84. The summed E-state index contributed by atoms with van der Waals surface area (Å²) in [5.74, 6) is 5.02. The highest BCUT2D eigenvalue weighted by atomic mass is 32.1. The molecule has 112 valence electrons. The Morgan fingerprint density at radius 1 is 1.43 bits per heavy atom. The lowest BCUT2D eigenvalue weighted by atomic mass is 9.97. The van der Waals surface area contributed by atoms with Gasteiger partial charge in [-0.25, -0.2) is 0 Å². The molecular formula is C15H17NO4S. The van der Waals surface area contributed by atoms with E-state index in [9.17, 15) is 9.59 Å². The number of methoxy groups -OCH3 is 1. The van der Waals surface area contributed by atoms with Crippen LogP contribution in [0.4, 0.5) is 0 Å². The molecule has 2 heterocycles. The van der Waals surface area contributed by atoms with Crippen LogP contribution in [0.25, 0.3) is 0 Å². The van der Waals surface area contributed by atoms with Crippen molar-refractivity contribution in [3.63, 3.8) is 0 Å². The zero-order chi connectivity index (χ0) is 15.2. The van der Waals surface area contributed by atoms with Crippen LogP contribution in [-0.2, 0) is 9.53 Å². The van der Waals surface area contributed by atoms with E-state index in [1.54, 1.807) is 17.0 Å². The monoisotopic (exact) mass is 307 g/mol. The number of piperidine rings is 1. The van der Waals surface area contributed by atoms with Crippen molar-refractivity contribution in [1.82, 2.24) is 4.90 Å². The quantitative estimate of drug-likeness (QED) is 0.657. The molecule has 1 aliphatic heterocycles. The van der Waals surface area contributed by atoms with Gasteiger partial charge in [-0.05, 0) is 25.0 Å². The highest BCUT2D eigenvalue weighted by Crippen LogP contribution is 2.23. The molecule has 0 radical (unpaired) electrons. The van der Waals surface area contributed by atoms with Crippen LogP contribution in [0.3, 0.4) is 0 Å². The molecule has 1 aromatic rings. The van der Waals surface area contributed by atoms with E-state index >= 15 is 0 Å². The standard InChI is InChI=1S/C15H17NO4S/c1-20-15(19)11-6-8-16(9-7-11)14(18)13-5-4-12(21-13)3-2-10-17/h4-5,11,17H,6-10H2,1H3. The zero-order valence-electron chi connectivity index (χ0n) is 11.8. The Kier molecular flexibility index (Phi) is 5.37. The van der Waals surface area contributed by atoms with Gasteiger partial charge in [0, 0.05) is 13.1 Å². The molecule has 2 rings (SSSR count). The number of amides is 1. The van der Waals surface area contributed by atoms with Gasteiger partial charge in [-0.15, -0.1) is 11.3 Å². The van der Waals surface area contributed by atoms with Crippen molar-refractivity contribution in [1.29, 1.82) is 0 Å². The minimum absolute atomic E-state index is 0.0274. The van der Waals surface area contributed by atoms with Gasteiger partial charge in [-0.2, -0.15) is 0 Å². The summed E-state index contributed by atoms with van der Waals surface area (Å²) in [6.45, 7) is 0.935. The molecule has 5 nitrogen and oxygen atoms in total. The summed E-state index contributed by atoms with van der Waals surface area (Å²) in [6, 6.07) is 3.53. The van der Waals surface area contributed by atoms with Gasteiger partial charge in [0.2, 0.25) is 0 Å². The van der Waals surface area contributed by atoms with Crippen LogP contribution in [-0.4, -0.2) is 48.7 Å². The molecule has 1 aromatic heterocycles. The molecule has 1 amide bonds. The van der Waals surface area contributed by atoms with Crippen LogP contribution in [0, 0.1) is 17.8 Å². The normalized spacial score (nSPS) is 15.2. The van der Waals surface area contributed by atoms with Crippen molar-refractivity contribution in [3.8, 4) is 11.8 Å². The van der Waals surface area contributed by atoms with E-state index in [0.717, 1.165) is 4.88 Å². The molecule has 0 aliphatic carbocycles. The van der Waals surface area contributed by atoms with E-state index in [2.05, 4.69) is 11.8 Å². The van der Waals surface area contributed by atoms with Crippen LogP contribution < -0.4 is 0 Å². The summed E-state index contributed by atoms with van der Waals surface area (Å²) < 4.78 is 4.73. The average molecular weight is 307 g/mol. The Hall–Kier alpha value is -1.84. The Labute approximate surface area is 127 Å². The van der Waals surface area contributed by atoms with E-state index in [4.69, 9.17) is 9.84 Å². The lowest BCUT2D eigenvalue weighted by Crippen LogP contribution is -2.40. The van der Waals surface area contributed by atoms with Gasteiger partial charge in [0.1, 0.15) is 6.61 Å².